The molecule has 0 spiro atoms. The predicted molar refractivity (Wildman–Crippen MR) is 117 cm³/mol. The Morgan fingerprint density at radius 3 is 2.41 bits per heavy atom. The third kappa shape index (κ3) is 4.28. The van der Waals surface area contributed by atoms with Gasteiger partial charge in [0.05, 0.1) is 11.9 Å². The number of fused-ring (bicyclic) bond motifs is 1. The van der Waals surface area contributed by atoms with Crippen LogP contribution < -0.4 is 5.56 Å². The van der Waals surface area contributed by atoms with Crippen molar-refractivity contribution in [3.63, 3.8) is 0 Å². The molecular weight excluding hydrogens is 385 g/mol. The number of aromatic nitrogens is 2. The second-order valence-corrected chi connectivity index (χ2v) is 8.05. The molecule has 2 aromatic carbocycles. The molecule has 0 unspecified atom stereocenters. The maximum atomic E-state index is 13.2. The summed E-state index contributed by atoms with van der Waals surface area (Å²) in [6.07, 6.45) is 1.03. The summed E-state index contributed by atoms with van der Waals surface area (Å²) < 4.78 is 13.2. The van der Waals surface area contributed by atoms with Crippen molar-refractivity contribution in [1.29, 1.82) is 0 Å². The molecule has 6 heteroatoms. The molecule has 2 heterocycles. The van der Waals surface area contributed by atoms with Crippen molar-refractivity contribution >= 4 is 21.6 Å². The maximum Gasteiger partial charge on any atom is 0.260 e. The predicted octanol–water partition coefficient (Wildman–Crippen LogP) is 4.99. The molecule has 0 saturated carbocycles. The molecule has 2 aromatic heterocycles. The lowest BCUT2D eigenvalue weighted by Gasteiger charge is -2.16. The molecule has 0 aliphatic rings. The van der Waals surface area contributed by atoms with E-state index in [0.29, 0.717) is 22.6 Å². The van der Waals surface area contributed by atoms with Gasteiger partial charge in [0.25, 0.3) is 5.56 Å². The number of halogens is 1. The van der Waals surface area contributed by atoms with Crippen molar-refractivity contribution in [2.24, 2.45) is 0 Å². The molecular formula is C23H22FN3OS. The van der Waals surface area contributed by atoms with Crippen molar-refractivity contribution in [2.75, 3.05) is 7.05 Å². The molecule has 4 rings (SSSR count). The molecule has 0 atom stereocenters. The van der Waals surface area contributed by atoms with Crippen LogP contribution in [0.5, 0.6) is 0 Å². The minimum atomic E-state index is -0.296. The topological polar surface area (TPSA) is 49.0 Å². The summed E-state index contributed by atoms with van der Waals surface area (Å²) in [7, 11) is 2.01. The Labute approximate surface area is 172 Å². The molecule has 0 aliphatic heterocycles. The van der Waals surface area contributed by atoms with E-state index in [4.69, 9.17) is 0 Å². The lowest BCUT2D eigenvalue weighted by molar-refractivity contribution is 0.311. The minimum absolute atomic E-state index is 0.161. The molecule has 0 radical (unpaired) electrons. The Morgan fingerprint density at radius 1 is 1.03 bits per heavy atom. The van der Waals surface area contributed by atoms with Crippen molar-refractivity contribution < 1.29 is 4.39 Å². The molecule has 0 fully saturated rings. The number of nitrogens with one attached hydrogen (secondary N) is 1. The fraction of sp³-hybridized carbons (Fsp3) is 0.217. The van der Waals surface area contributed by atoms with E-state index in [1.165, 1.54) is 34.6 Å². The first-order chi connectivity index (χ1) is 14.0. The van der Waals surface area contributed by atoms with Crippen LogP contribution in [-0.2, 0) is 19.5 Å². The molecule has 0 bridgehead atoms. The first-order valence-corrected chi connectivity index (χ1v) is 10.4. The standard InChI is InChI=1S/C23H22FN3OS/c1-3-15-4-6-16(7-5-15)12-27(2)13-20-25-22(28)21-19(14-29-23(21)26-20)17-8-10-18(24)11-9-17/h4-11,14H,3,12-13H2,1-2H3,(H,25,26,28). The summed E-state index contributed by atoms with van der Waals surface area (Å²) in [5.41, 5.74) is 3.98. The zero-order valence-corrected chi connectivity index (χ0v) is 17.2. The summed E-state index contributed by atoms with van der Waals surface area (Å²) in [6, 6.07) is 14.7. The fourth-order valence-electron chi connectivity index (χ4n) is 3.41. The van der Waals surface area contributed by atoms with E-state index in [1.54, 1.807) is 12.1 Å². The maximum absolute atomic E-state index is 13.2. The Hall–Kier alpha value is -2.83. The van der Waals surface area contributed by atoms with Gasteiger partial charge < -0.3 is 4.98 Å². The van der Waals surface area contributed by atoms with Crippen LogP contribution in [0.25, 0.3) is 21.3 Å². The van der Waals surface area contributed by atoms with E-state index < -0.39 is 0 Å². The van der Waals surface area contributed by atoms with E-state index in [0.717, 1.165) is 24.1 Å². The Bertz CT molecular complexity index is 1180. The minimum Gasteiger partial charge on any atom is -0.309 e. The monoisotopic (exact) mass is 407 g/mol. The van der Waals surface area contributed by atoms with Gasteiger partial charge in [0.1, 0.15) is 16.5 Å². The molecule has 1 N–H and O–H groups in total. The third-order valence-electron chi connectivity index (χ3n) is 4.95. The molecule has 4 aromatic rings. The van der Waals surface area contributed by atoms with E-state index in [9.17, 15) is 9.18 Å². The highest BCUT2D eigenvalue weighted by Gasteiger charge is 2.14. The van der Waals surface area contributed by atoms with Gasteiger partial charge in [-0.25, -0.2) is 9.37 Å². The number of thiophene rings is 1. The molecule has 0 amide bonds. The number of nitrogens with zero attached hydrogens (tertiary/aromatic N) is 2. The lowest BCUT2D eigenvalue weighted by Crippen LogP contribution is -2.21. The van der Waals surface area contributed by atoms with E-state index in [1.807, 2.05) is 12.4 Å². The first kappa shape index (κ1) is 19.5. The summed E-state index contributed by atoms with van der Waals surface area (Å²) in [6.45, 7) is 3.47. The normalized spacial score (nSPS) is 11.4. The first-order valence-electron chi connectivity index (χ1n) is 9.56. The van der Waals surface area contributed by atoms with Crippen LogP contribution in [0.4, 0.5) is 4.39 Å². The van der Waals surface area contributed by atoms with Gasteiger partial charge in [0.2, 0.25) is 0 Å². The largest absolute Gasteiger partial charge is 0.309 e. The Kier molecular flexibility index (Phi) is 5.56. The zero-order chi connectivity index (χ0) is 20.4. The molecule has 0 aliphatic carbocycles. The third-order valence-corrected chi connectivity index (χ3v) is 5.82. The van der Waals surface area contributed by atoms with Gasteiger partial charge in [0.15, 0.2) is 0 Å². The number of hydrogen-bond acceptors (Lipinski definition) is 4. The van der Waals surface area contributed by atoms with E-state index in [2.05, 4.69) is 46.1 Å². The number of aromatic amines is 1. The SMILES string of the molecule is CCc1ccc(CN(C)Cc2nc3scc(-c4ccc(F)cc4)c3c(=O)[nH]2)cc1. The van der Waals surface area contributed by atoms with Gasteiger partial charge in [0, 0.05) is 17.5 Å². The smallest absolute Gasteiger partial charge is 0.260 e. The summed E-state index contributed by atoms with van der Waals surface area (Å²) in [5.74, 6) is 0.345. The van der Waals surface area contributed by atoms with Crippen LogP contribution >= 0.6 is 11.3 Å². The number of benzene rings is 2. The Balaban J connectivity index is 1.55. The van der Waals surface area contributed by atoms with E-state index in [-0.39, 0.29) is 11.4 Å². The average Bonchev–Trinajstić information content (AvgIpc) is 3.13. The number of H-pyrrole nitrogens is 1. The zero-order valence-electron chi connectivity index (χ0n) is 16.4. The average molecular weight is 408 g/mol. The van der Waals surface area contributed by atoms with Gasteiger partial charge in [-0.15, -0.1) is 11.3 Å². The van der Waals surface area contributed by atoms with Crippen molar-refractivity contribution in [3.05, 3.63) is 87.0 Å². The summed E-state index contributed by atoms with van der Waals surface area (Å²) >= 11 is 1.43. The van der Waals surface area contributed by atoms with Crippen LogP contribution in [0, 0.1) is 5.82 Å². The van der Waals surface area contributed by atoms with Gasteiger partial charge >= 0.3 is 0 Å². The molecule has 4 nitrogen and oxygen atoms in total. The Morgan fingerprint density at radius 2 is 1.72 bits per heavy atom. The number of hydrogen-bond donors (Lipinski definition) is 1. The molecule has 29 heavy (non-hydrogen) atoms. The van der Waals surface area contributed by atoms with Crippen molar-refractivity contribution in [1.82, 2.24) is 14.9 Å². The summed E-state index contributed by atoms with van der Waals surface area (Å²) in [5, 5.41) is 2.46. The van der Waals surface area contributed by atoms with Gasteiger partial charge in [-0.1, -0.05) is 43.3 Å². The highest BCUT2D eigenvalue weighted by Crippen LogP contribution is 2.30. The second kappa shape index (κ2) is 8.27. The second-order valence-electron chi connectivity index (χ2n) is 7.19. The summed E-state index contributed by atoms with van der Waals surface area (Å²) in [4.78, 5) is 23.1. The fourth-order valence-corrected chi connectivity index (χ4v) is 4.38. The van der Waals surface area contributed by atoms with Crippen LogP contribution in [0.2, 0.25) is 0 Å². The van der Waals surface area contributed by atoms with Crippen LogP contribution in [0.15, 0.2) is 58.7 Å². The quantitative estimate of drug-likeness (QED) is 0.490. The van der Waals surface area contributed by atoms with Crippen LogP contribution in [0.3, 0.4) is 0 Å². The van der Waals surface area contributed by atoms with E-state index >= 15 is 0 Å². The molecule has 0 saturated heterocycles. The molecule has 148 valence electrons. The highest BCUT2D eigenvalue weighted by atomic mass is 32.1. The highest BCUT2D eigenvalue weighted by molar-refractivity contribution is 7.17. The van der Waals surface area contributed by atoms with Gasteiger partial charge in [-0.05, 0) is 42.3 Å². The number of rotatable bonds is 6. The number of aryl methyl sites for hydroxylation is 1. The lowest BCUT2D eigenvalue weighted by atomic mass is 10.1. The van der Waals surface area contributed by atoms with Crippen molar-refractivity contribution in [3.8, 4) is 11.1 Å². The van der Waals surface area contributed by atoms with Gasteiger partial charge in [-0.2, -0.15) is 0 Å². The van der Waals surface area contributed by atoms with Crippen molar-refractivity contribution in [2.45, 2.75) is 26.4 Å². The van der Waals surface area contributed by atoms with Gasteiger partial charge in [-0.3, -0.25) is 9.69 Å². The van der Waals surface area contributed by atoms with Crippen LogP contribution in [0.1, 0.15) is 23.9 Å². The van der Waals surface area contributed by atoms with Crippen LogP contribution in [-0.4, -0.2) is 21.9 Å².